The predicted octanol–water partition coefficient (Wildman–Crippen LogP) is 5.93. The highest BCUT2D eigenvalue weighted by Crippen LogP contribution is 2.32. The molecule has 2 aromatic carbocycles. The van der Waals surface area contributed by atoms with Gasteiger partial charge in [-0.2, -0.15) is 13.2 Å². The normalized spacial score (nSPS) is 11.7. The molecule has 0 bridgehead atoms. The summed E-state index contributed by atoms with van der Waals surface area (Å²) in [4.78, 5) is 0. The van der Waals surface area contributed by atoms with Crippen LogP contribution in [0.25, 0.3) is 11.4 Å². The molecule has 26 heavy (non-hydrogen) atoms. The van der Waals surface area contributed by atoms with Crippen molar-refractivity contribution in [3.05, 3.63) is 64.7 Å². The van der Waals surface area contributed by atoms with Crippen molar-refractivity contribution in [3.63, 3.8) is 0 Å². The molecule has 0 saturated carbocycles. The number of halogens is 4. The fourth-order valence-electron chi connectivity index (χ4n) is 2.51. The minimum Gasteiger partial charge on any atom is -0.302 e. The number of nitrogens with zero attached hydrogens (tertiary/aromatic N) is 3. The first kappa shape index (κ1) is 18.8. The highest BCUT2D eigenvalue weighted by Gasteiger charge is 2.30. The van der Waals surface area contributed by atoms with E-state index in [1.165, 1.54) is 17.8 Å². The summed E-state index contributed by atoms with van der Waals surface area (Å²) < 4.78 is 40.4. The molecule has 0 aliphatic carbocycles. The van der Waals surface area contributed by atoms with E-state index in [-0.39, 0.29) is 0 Å². The third-order valence-corrected chi connectivity index (χ3v) is 5.14. The molecular formula is C18H15ClF3N3S. The van der Waals surface area contributed by atoms with Crippen LogP contribution < -0.4 is 0 Å². The molecule has 0 saturated heterocycles. The summed E-state index contributed by atoms with van der Waals surface area (Å²) in [6, 6.07) is 12.7. The van der Waals surface area contributed by atoms with E-state index in [4.69, 9.17) is 11.6 Å². The molecule has 8 heteroatoms. The van der Waals surface area contributed by atoms with Crippen LogP contribution in [0, 0.1) is 0 Å². The Hall–Kier alpha value is -1.99. The Bertz CT molecular complexity index is 909. The minimum absolute atomic E-state index is 0.366. The Balaban J connectivity index is 1.83. The van der Waals surface area contributed by atoms with Crippen LogP contribution in [-0.4, -0.2) is 14.8 Å². The summed E-state index contributed by atoms with van der Waals surface area (Å²) in [6.07, 6.45) is -4.35. The summed E-state index contributed by atoms with van der Waals surface area (Å²) >= 11 is 7.58. The largest absolute Gasteiger partial charge is 0.416 e. The lowest BCUT2D eigenvalue weighted by Gasteiger charge is -2.10. The van der Waals surface area contributed by atoms with Crippen LogP contribution in [0.5, 0.6) is 0 Å². The van der Waals surface area contributed by atoms with Crippen LogP contribution in [0.3, 0.4) is 0 Å². The standard InChI is InChI=1S/C18H15ClF3N3S/c1-2-25-16(14-8-3-4-9-15(14)19)23-24-17(25)26-11-12-6-5-7-13(10-12)18(20,21)22/h3-10H,2,11H2,1H3. The van der Waals surface area contributed by atoms with E-state index in [0.717, 1.165) is 17.7 Å². The molecule has 1 heterocycles. The fraction of sp³-hybridized carbons (Fsp3) is 0.222. The van der Waals surface area contributed by atoms with Gasteiger partial charge in [0.2, 0.25) is 0 Å². The van der Waals surface area contributed by atoms with Crippen LogP contribution in [0.4, 0.5) is 13.2 Å². The third-order valence-electron chi connectivity index (χ3n) is 3.77. The zero-order valence-electron chi connectivity index (χ0n) is 13.8. The van der Waals surface area contributed by atoms with Gasteiger partial charge in [-0.3, -0.25) is 0 Å². The van der Waals surface area contributed by atoms with Crippen molar-refractivity contribution < 1.29 is 13.2 Å². The van der Waals surface area contributed by atoms with Gasteiger partial charge in [-0.1, -0.05) is 53.7 Å². The Morgan fingerprint density at radius 2 is 1.85 bits per heavy atom. The number of benzene rings is 2. The molecule has 0 aliphatic heterocycles. The Morgan fingerprint density at radius 3 is 2.54 bits per heavy atom. The average molecular weight is 398 g/mol. The fourth-order valence-corrected chi connectivity index (χ4v) is 3.67. The van der Waals surface area contributed by atoms with Crippen LogP contribution >= 0.6 is 23.4 Å². The molecule has 3 aromatic rings. The van der Waals surface area contributed by atoms with Gasteiger partial charge in [0.25, 0.3) is 0 Å². The minimum atomic E-state index is -4.35. The molecule has 0 spiro atoms. The number of thioether (sulfide) groups is 1. The predicted molar refractivity (Wildman–Crippen MR) is 97.1 cm³/mol. The van der Waals surface area contributed by atoms with Crippen molar-refractivity contribution in [2.24, 2.45) is 0 Å². The smallest absolute Gasteiger partial charge is 0.302 e. The zero-order valence-corrected chi connectivity index (χ0v) is 15.4. The van der Waals surface area contributed by atoms with Gasteiger partial charge in [-0.15, -0.1) is 10.2 Å². The molecule has 0 atom stereocenters. The lowest BCUT2D eigenvalue weighted by Crippen LogP contribution is -2.05. The van der Waals surface area contributed by atoms with Crippen molar-refractivity contribution >= 4 is 23.4 Å². The van der Waals surface area contributed by atoms with Crippen molar-refractivity contribution in [2.45, 2.75) is 30.6 Å². The van der Waals surface area contributed by atoms with E-state index in [2.05, 4.69) is 10.2 Å². The van der Waals surface area contributed by atoms with Gasteiger partial charge >= 0.3 is 6.18 Å². The summed E-state index contributed by atoms with van der Waals surface area (Å²) in [5.41, 5.74) is 0.702. The third kappa shape index (κ3) is 4.04. The van der Waals surface area contributed by atoms with Gasteiger partial charge in [0.05, 0.1) is 10.6 Å². The van der Waals surface area contributed by atoms with Crippen molar-refractivity contribution in [3.8, 4) is 11.4 Å². The number of hydrogen-bond acceptors (Lipinski definition) is 3. The van der Waals surface area contributed by atoms with Gasteiger partial charge in [-0.05, 0) is 30.7 Å². The summed E-state index contributed by atoms with van der Waals surface area (Å²) in [7, 11) is 0. The Kier molecular flexibility index (Phi) is 5.58. The van der Waals surface area contributed by atoms with Gasteiger partial charge in [0.15, 0.2) is 11.0 Å². The zero-order chi connectivity index (χ0) is 18.7. The van der Waals surface area contributed by atoms with E-state index >= 15 is 0 Å². The highest BCUT2D eigenvalue weighted by molar-refractivity contribution is 7.98. The SMILES string of the molecule is CCn1c(SCc2cccc(C(F)(F)F)c2)nnc1-c1ccccc1Cl. The van der Waals surface area contributed by atoms with Gasteiger partial charge in [0.1, 0.15) is 0 Å². The maximum Gasteiger partial charge on any atom is 0.416 e. The van der Waals surface area contributed by atoms with Crippen LogP contribution in [-0.2, 0) is 18.5 Å². The molecule has 136 valence electrons. The molecule has 1 aromatic heterocycles. The molecule has 3 nitrogen and oxygen atoms in total. The summed E-state index contributed by atoms with van der Waals surface area (Å²) in [5, 5.41) is 9.61. The molecule has 0 unspecified atom stereocenters. The first-order valence-electron chi connectivity index (χ1n) is 7.87. The molecule has 0 fully saturated rings. The van der Waals surface area contributed by atoms with E-state index in [9.17, 15) is 13.2 Å². The van der Waals surface area contributed by atoms with Crippen LogP contribution in [0.15, 0.2) is 53.7 Å². The van der Waals surface area contributed by atoms with Gasteiger partial charge in [0, 0.05) is 17.9 Å². The van der Waals surface area contributed by atoms with Crippen LogP contribution in [0.1, 0.15) is 18.1 Å². The Morgan fingerprint density at radius 1 is 1.08 bits per heavy atom. The average Bonchev–Trinajstić information content (AvgIpc) is 3.02. The first-order valence-corrected chi connectivity index (χ1v) is 9.23. The number of hydrogen-bond donors (Lipinski definition) is 0. The Labute approximate surface area is 158 Å². The van der Waals surface area contributed by atoms with Gasteiger partial charge < -0.3 is 4.57 Å². The van der Waals surface area contributed by atoms with Crippen molar-refractivity contribution in [1.82, 2.24) is 14.8 Å². The molecular weight excluding hydrogens is 383 g/mol. The van der Waals surface area contributed by atoms with E-state index in [1.807, 2.05) is 29.7 Å². The lowest BCUT2D eigenvalue weighted by atomic mass is 10.1. The molecule has 0 N–H and O–H groups in total. The number of alkyl halides is 3. The van der Waals surface area contributed by atoms with E-state index in [0.29, 0.717) is 33.9 Å². The van der Waals surface area contributed by atoms with E-state index < -0.39 is 11.7 Å². The maximum atomic E-state index is 12.8. The molecule has 0 aliphatic rings. The molecule has 3 rings (SSSR count). The number of aromatic nitrogens is 3. The molecule has 0 amide bonds. The summed E-state index contributed by atoms with van der Waals surface area (Å²) in [6.45, 7) is 2.58. The van der Waals surface area contributed by atoms with Crippen LogP contribution in [0.2, 0.25) is 5.02 Å². The second-order valence-corrected chi connectivity index (χ2v) is 6.87. The molecule has 0 radical (unpaired) electrons. The van der Waals surface area contributed by atoms with Crippen molar-refractivity contribution in [2.75, 3.05) is 0 Å². The van der Waals surface area contributed by atoms with Gasteiger partial charge in [-0.25, -0.2) is 0 Å². The monoisotopic (exact) mass is 397 g/mol. The number of rotatable bonds is 5. The lowest BCUT2D eigenvalue weighted by molar-refractivity contribution is -0.137. The second kappa shape index (κ2) is 7.72. The first-order chi connectivity index (χ1) is 12.4. The quantitative estimate of drug-likeness (QED) is 0.500. The van der Waals surface area contributed by atoms with E-state index in [1.54, 1.807) is 12.1 Å². The van der Waals surface area contributed by atoms with Crippen molar-refractivity contribution in [1.29, 1.82) is 0 Å². The summed E-state index contributed by atoms with van der Waals surface area (Å²) in [5.74, 6) is 1.01. The second-order valence-electron chi connectivity index (χ2n) is 5.52. The topological polar surface area (TPSA) is 30.7 Å². The maximum absolute atomic E-state index is 12.8. The highest BCUT2D eigenvalue weighted by atomic mass is 35.5.